The SMILES string of the molecule is Cc1oc(-c2ccno2)cc1S(=O)(=O)N(C)Cc1ccccc1. The fourth-order valence-electron chi connectivity index (χ4n) is 2.28. The van der Waals surface area contributed by atoms with E-state index in [2.05, 4.69) is 5.16 Å². The molecule has 3 rings (SSSR count). The van der Waals surface area contributed by atoms with Gasteiger partial charge in [0.05, 0.1) is 6.20 Å². The van der Waals surface area contributed by atoms with Crippen LogP contribution in [0.4, 0.5) is 0 Å². The number of rotatable bonds is 5. The van der Waals surface area contributed by atoms with Gasteiger partial charge in [-0.15, -0.1) is 0 Å². The molecular formula is C16H16N2O4S. The highest BCUT2D eigenvalue weighted by Gasteiger charge is 2.27. The molecule has 0 bridgehead atoms. The van der Waals surface area contributed by atoms with Crippen LogP contribution in [0, 0.1) is 6.92 Å². The molecule has 2 aromatic heterocycles. The highest BCUT2D eigenvalue weighted by molar-refractivity contribution is 7.89. The zero-order valence-corrected chi connectivity index (χ0v) is 13.6. The minimum absolute atomic E-state index is 0.127. The molecule has 1 aromatic carbocycles. The molecule has 23 heavy (non-hydrogen) atoms. The van der Waals surface area contributed by atoms with E-state index in [9.17, 15) is 8.42 Å². The molecule has 0 saturated carbocycles. The number of aryl methyl sites for hydroxylation is 1. The van der Waals surface area contributed by atoms with E-state index < -0.39 is 10.0 Å². The van der Waals surface area contributed by atoms with E-state index >= 15 is 0 Å². The molecule has 2 heterocycles. The third-order valence-corrected chi connectivity index (χ3v) is 5.40. The molecule has 0 unspecified atom stereocenters. The number of hydrogen-bond donors (Lipinski definition) is 0. The molecule has 0 N–H and O–H groups in total. The van der Waals surface area contributed by atoms with Gasteiger partial charge < -0.3 is 8.94 Å². The van der Waals surface area contributed by atoms with Crippen molar-refractivity contribution < 1.29 is 17.4 Å². The van der Waals surface area contributed by atoms with Gasteiger partial charge in [0, 0.05) is 25.7 Å². The maximum Gasteiger partial charge on any atom is 0.246 e. The minimum Gasteiger partial charge on any atom is -0.457 e. The first-order valence-corrected chi connectivity index (χ1v) is 8.44. The van der Waals surface area contributed by atoms with E-state index in [0.717, 1.165) is 5.56 Å². The van der Waals surface area contributed by atoms with E-state index in [1.807, 2.05) is 30.3 Å². The average Bonchev–Trinajstić information content (AvgIpc) is 3.17. The number of benzene rings is 1. The zero-order chi connectivity index (χ0) is 16.4. The first kappa shape index (κ1) is 15.5. The largest absolute Gasteiger partial charge is 0.457 e. The Labute approximate surface area is 134 Å². The summed E-state index contributed by atoms with van der Waals surface area (Å²) in [5.74, 6) is 1.04. The standard InChI is InChI=1S/C16H16N2O4S/c1-12-16(10-15(21-12)14-8-9-17-22-14)23(19,20)18(2)11-13-6-4-3-5-7-13/h3-10H,11H2,1-2H3. The van der Waals surface area contributed by atoms with Gasteiger partial charge in [0.1, 0.15) is 10.7 Å². The second kappa shape index (κ2) is 6.02. The minimum atomic E-state index is -3.66. The number of nitrogens with zero attached hydrogens (tertiary/aromatic N) is 2. The van der Waals surface area contributed by atoms with Crippen molar-refractivity contribution in [3.8, 4) is 11.5 Å². The molecule has 0 fully saturated rings. The summed E-state index contributed by atoms with van der Waals surface area (Å²) in [5.41, 5.74) is 0.912. The lowest BCUT2D eigenvalue weighted by atomic mass is 10.2. The predicted molar refractivity (Wildman–Crippen MR) is 84.0 cm³/mol. The van der Waals surface area contributed by atoms with Crippen LogP contribution >= 0.6 is 0 Å². The third-order valence-electron chi connectivity index (χ3n) is 3.49. The third kappa shape index (κ3) is 3.06. The summed E-state index contributed by atoms with van der Waals surface area (Å²) < 4.78 is 37.3. The van der Waals surface area contributed by atoms with Crippen molar-refractivity contribution in [3.05, 3.63) is 60.0 Å². The molecular weight excluding hydrogens is 316 g/mol. The van der Waals surface area contributed by atoms with Crippen LogP contribution in [0.25, 0.3) is 11.5 Å². The fraction of sp³-hybridized carbons (Fsp3) is 0.188. The number of furan rings is 1. The Morgan fingerprint density at radius 2 is 1.87 bits per heavy atom. The molecule has 0 saturated heterocycles. The lowest BCUT2D eigenvalue weighted by Crippen LogP contribution is -2.26. The average molecular weight is 332 g/mol. The second-order valence-electron chi connectivity index (χ2n) is 5.15. The normalized spacial score (nSPS) is 12.0. The lowest BCUT2D eigenvalue weighted by Gasteiger charge is -2.16. The maximum atomic E-state index is 12.8. The van der Waals surface area contributed by atoms with Crippen LogP contribution < -0.4 is 0 Å². The van der Waals surface area contributed by atoms with Crippen LogP contribution in [0.15, 0.2) is 62.5 Å². The van der Waals surface area contributed by atoms with Gasteiger partial charge in [0.2, 0.25) is 15.8 Å². The smallest absolute Gasteiger partial charge is 0.246 e. The Morgan fingerprint density at radius 1 is 1.13 bits per heavy atom. The van der Waals surface area contributed by atoms with Gasteiger partial charge in [0.15, 0.2) is 5.76 Å². The second-order valence-corrected chi connectivity index (χ2v) is 7.17. The van der Waals surface area contributed by atoms with Crippen molar-refractivity contribution in [3.63, 3.8) is 0 Å². The Morgan fingerprint density at radius 3 is 2.52 bits per heavy atom. The van der Waals surface area contributed by atoms with Crippen molar-refractivity contribution in [1.29, 1.82) is 0 Å². The number of hydrogen-bond acceptors (Lipinski definition) is 5. The summed E-state index contributed by atoms with van der Waals surface area (Å²) in [6, 6.07) is 12.5. The molecule has 0 aliphatic rings. The Balaban J connectivity index is 1.90. The van der Waals surface area contributed by atoms with Crippen molar-refractivity contribution in [1.82, 2.24) is 9.46 Å². The van der Waals surface area contributed by atoms with Crippen LogP contribution in [0.5, 0.6) is 0 Å². The molecule has 3 aromatic rings. The Kier molecular flexibility index (Phi) is 4.06. The predicted octanol–water partition coefficient (Wildman–Crippen LogP) is 3.06. The first-order chi connectivity index (χ1) is 11.0. The monoisotopic (exact) mass is 332 g/mol. The van der Waals surface area contributed by atoms with Gasteiger partial charge in [-0.2, -0.15) is 4.31 Å². The summed E-state index contributed by atoms with van der Waals surface area (Å²) in [6.07, 6.45) is 1.48. The number of sulfonamides is 1. The van der Waals surface area contributed by atoms with Crippen LogP contribution in [0.3, 0.4) is 0 Å². The zero-order valence-electron chi connectivity index (χ0n) is 12.8. The summed E-state index contributed by atoms with van der Waals surface area (Å²) >= 11 is 0. The molecule has 120 valence electrons. The van der Waals surface area contributed by atoms with Crippen LogP contribution in [0.1, 0.15) is 11.3 Å². The Hall–Kier alpha value is -2.38. The highest BCUT2D eigenvalue weighted by atomic mass is 32.2. The van der Waals surface area contributed by atoms with Gasteiger partial charge >= 0.3 is 0 Å². The molecule has 0 aliphatic carbocycles. The van der Waals surface area contributed by atoms with Crippen molar-refractivity contribution in [2.75, 3.05) is 7.05 Å². The van der Waals surface area contributed by atoms with E-state index in [4.69, 9.17) is 8.94 Å². The van der Waals surface area contributed by atoms with E-state index in [1.54, 1.807) is 20.0 Å². The van der Waals surface area contributed by atoms with Crippen LogP contribution in [0.2, 0.25) is 0 Å². The van der Waals surface area contributed by atoms with Crippen molar-refractivity contribution in [2.24, 2.45) is 0 Å². The molecule has 0 atom stereocenters. The van der Waals surface area contributed by atoms with E-state index in [0.29, 0.717) is 17.3 Å². The molecule has 0 spiro atoms. The summed E-state index contributed by atoms with van der Waals surface area (Å²) in [7, 11) is -2.12. The topological polar surface area (TPSA) is 76.5 Å². The molecule has 7 heteroatoms. The van der Waals surface area contributed by atoms with Gasteiger partial charge in [0.25, 0.3) is 0 Å². The molecule has 6 nitrogen and oxygen atoms in total. The molecule has 0 aliphatic heterocycles. The van der Waals surface area contributed by atoms with Gasteiger partial charge in [-0.05, 0) is 12.5 Å². The highest BCUT2D eigenvalue weighted by Crippen LogP contribution is 2.29. The number of aromatic nitrogens is 1. The van der Waals surface area contributed by atoms with Gasteiger partial charge in [-0.3, -0.25) is 0 Å². The Bertz CT molecular complexity index is 884. The van der Waals surface area contributed by atoms with Gasteiger partial charge in [-0.1, -0.05) is 35.5 Å². The quantitative estimate of drug-likeness (QED) is 0.717. The van der Waals surface area contributed by atoms with Crippen molar-refractivity contribution in [2.45, 2.75) is 18.4 Å². The fourth-order valence-corrected chi connectivity index (χ4v) is 3.59. The molecule has 0 amide bonds. The van der Waals surface area contributed by atoms with Crippen LogP contribution in [-0.2, 0) is 16.6 Å². The summed E-state index contributed by atoms with van der Waals surface area (Å²) in [4.78, 5) is 0.127. The summed E-state index contributed by atoms with van der Waals surface area (Å²) in [6.45, 7) is 1.90. The van der Waals surface area contributed by atoms with Crippen molar-refractivity contribution >= 4 is 10.0 Å². The van der Waals surface area contributed by atoms with Crippen LogP contribution in [-0.4, -0.2) is 24.9 Å². The first-order valence-electron chi connectivity index (χ1n) is 7.00. The lowest BCUT2D eigenvalue weighted by molar-refractivity contribution is 0.414. The summed E-state index contributed by atoms with van der Waals surface area (Å²) in [5, 5.41) is 3.60. The van der Waals surface area contributed by atoms with E-state index in [1.165, 1.54) is 16.6 Å². The molecule has 0 radical (unpaired) electrons. The van der Waals surface area contributed by atoms with Gasteiger partial charge in [-0.25, -0.2) is 8.42 Å². The maximum absolute atomic E-state index is 12.8. The van der Waals surface area contributed by atoms with E-state index in [-0.39, 0.29) is 11.4 Å².